The highest BCUT2D eigenvalue weighted by Gasteiger charge is 2.65. The van der Waals surface area contributed by atoms with Crippen LogP contribution >= 0.6 is 0 Å². The van der Waals surface area contributed by atoms with E-state index in [0.29, 0.717) is 6.42 Å². The van der Waals surface area contributed by atoms with Crippen LogP contribution < -0.4 is 9.64 Å². The smallest absolute Gasteiger partial charge is 0.268 e. The van der Waals surface area contributed by atoms with Crippen LogP contribution in [0.25, 0.3) is 0 Å². The number of carbonyl (C=O) groups is 1. The molecule has 0 aliphatic carbocycles. The number of benzene rings is 3. The Kier molecular flexibility index (Phi) is 5.94. The van der Waals surface area contributed by atoms with Crippen molar-refractivity contribution in [2.75, 3.05) is 18.6 Å². The Hall–Kier alpha value is -3.15. The van der Waals surface area contributed by atoms with Gasteiger partial charge in [-0.15, -0.1) is 0 Å². The zero-order valence-corrected chi connectivity index (χ0v) is 20.8. The van der Waals surface area contributed by atoms with Crippen molar-refractivity contribution in [3.63, 3.8) is 0 Å². The summed E-state index contributed by atoms with van der Waals surface area (Å²) in [5.74, 6) is 0.615. The van der Waals surface area contributed by atoms with Gasteiger partial charge in [-0.25, -0.2) is 0 Å². The zero-order chi connectivity index (χ0) is 24.8. The number of nitrogens with zero attached hydrogens (tertiary/aromatic N) is 1. The molecule has 5 rings (SSSR count). The molecule has 1 amide bonds. The summed E-state index contributed by atoms with van der Waals surface area (Å²) >= 11 is 0. The summed E-state index contributed by atoms with van der Waals surface area (Å²) < 4.78 is 12.2. The number of rotatable bonds is 6. The van der Waals surface area contributed by atoms with E-state index in [-0.39, 0.29) is 35.9 Å². The van der Waals surface area contributed by atoms with E-state index in [0.717, 1.165) is 28.3 Å². The number of aliphatic hydroxyl groups excluding tert-OH is 1. The number of amides is 1. The number of aliphatic hydroxyl groups is 1. The molecule has 1 saturated heterocycles. The van der Waals surface area contributed by atoms with Crippen LogP contribution in [0.5, 0.6) is 5.75 Å². The fourth-order valence-electron chi connectivity index (χ4n) is 6.42. The van der Waals surface area contributed by atoms with E-state index < -0.39 is 5.60 Å². The quantitative estimate of drug-likeness (QED) is 0.510. The van der Waals surface area contributed by atoms with Gasteiger partial charge in [-0.05, 0) is 47.7 Å². The van der Waals surface area contributed by atoms with Gasteiger partial charge in [-0.2, -0.15) is 0 Å². The Bertz CT molecular complexity index is 1210. The van der Waals surface area contributed by atoms with Gasteiger partial charge in [0.15, 0.2) is 5.60 Å². The molecule has 0 unspecified atom stereocenters. The average molecular weight is 472 g/mol. The Labute approximate surface area is 207 Å². The lowest BCUT2D eigenvalue weighted by Gasteiger charge is -2.38. The number of carbonyl (C=O) groups excluding carboxylic acids is 1. The normalized spacial score (nSPS) is 25.8. The molecule has 2 heterocycles. The number of anilines is 2. The minimum absolute atomic E-state index is 0.000889. The van der Waals surface area contributed by atoms with Crippen molar-refractivity contribution in [2.24, 2.45) is 11.8 Å². The second-order valence-corrected chi connectivity index (χ2v) is 10.2. The average Bonchev–Trinajstić information content (AvgIpc) is 3.31. The molecule has 5 heteroatoms. The van der Waals surface area contributed by atoms with E-state index in [1.807, 2.05) is 66.7 Å². The second-order valence-electron chi connectivity index (χ2n) is 10.2. The van der Waals surface area contributed by atoms with E-state index in [1.165, 1.54) is 0 Å². The number of hydrogen-bond donors (Lipinski definition) is 1. The van der Waals surface area contributed by atoms with Crippen molar-refractivity contribution >= 4 is 17.3 Å². The molecule has 0 saturated carbocycles. The van der Waals surface area contributed by atoms with Crippen LogP contribution in [0, 0.1) is 11.8 Å². The van der Waals surface area contributed by atoms with Crippen molar-refractivity contribution in [3.05, 3.63) is 90.0 Å². The molecule has 0 aromatic heterocycles. The maximum atomic E-state index is 14.4. The van der Waals surface area contributed by atoms with Gasteiger partial charge in [0.05, 0.1) is 18.9 Å². The third-order valence-corrected chi connectivity index (χ3v) is 8.08. The first-order valence-corrected chi connectivity index (χ1v) is 12.3. The zero-order valence-electron chi connectivity index (χ0n) is 20.8. The van der Waals surface area contributed by atoms with E-state index in [9.17, 15) is 9.90 Å². The first-order valence-electron chi connectivity index (χ1n) is 12.3. The molecule has 0 radical (unpaired) electrons. The Morgan fingerprint density at radius 1 is 1.00 bits per heavy atom. The van der Waals surface area contributed by atoms with E-state index in [4.69, 9.17) is 9.47 Å². The third-order valence-electron chi connectivity index (χ3n) is 8.08. The first kappa shape index (κ1) is 23.6. The molecule has 2 aliphatic rings. The highest BCUT2D eigenvalue weighted by atomic mass is 16.5. The van der Waals surface area contributed by atoms with Gasteiger partial charge in [0.25, 0.3) is 5.91 Å². The molecule has 5 nitrogen and oxygen atoms in total. The fraction of sp³-hybridized carbons (Fsp3) is 0.367. The summed E-state index contributed by atoms with van der Waals surface area (Å²) in [6.07, 6.45) is 0.191. The molecular weight excluding hydrogens is 438 g/mol. The van der Waals surface area contributed by atoms with Gasteiger partial charge in [0.1, 0.15) is 5.75 Å². The fourth-order valence-corrected chi connectivity index (χ4v) is 6.42. The molecule has 182 valence electrons. The molecule has 0 bridgehead atoms. The number of ether oxygens (including phenoxy) is 2. The van der Waals surface area contributed by atoms with Crippen LogP contribution in [0.4, 0.5) is 11.4 Å². The summed E-state index contributed by atoms with van der Waals surface area (Å²) in [7, 11) is 1.66. The lowest BCUT2D eigenvalue weighted by molar-refractivity contribution is -0.145. The number of methoxy groups -OCH3 is 1. The summed E-state index contributed by atoms with van der Waals surface area (Å²) in [6.45, 7) is 6.56. The Balaban J connectivity index is 1.63. The molecule has 35 heavy (non-hydrogen) atoms. The van der Waals surface area contributed by atoms with Gasteiger partial charge >= 0.3 is 0 Å². The van der Waals surface area contributed by atoms with E-state index in [1.54, 1.807) is 12.0 Å². The van der Waals surface area contributed by atoms with E-state index >= 15 is 0 Å². The van der Waals surface area contributed by atoms with Gasteiger partial charge < -0.3 is 14.6 Å². The summed E-state index contributed by atoms with van der Waals surface area (Å²) in [5.41, 5.74) is 2.32. The molecule has 2 aliphatic heterocycles. The number of fused-ring (bicyclic) bond motifs is 2. The number of para-hydroxylation sites is 2. The van der Waals surface area contributed by atoms with Crippen molar-refractivity contribution in [2.45, 2.75) is 44.3 Å². The van der Waals surface area contributed by atoms with E-state index in [2.05, 4.69) is 32.9 Å². The maximum Gasteiger partial charge on any atom is 0.268 e. The van der Waals surface area contributed by atoms with Gasteiger partial charge in [0, 0.05) is 29.7 Å². The van der Waals surface area contributed by atoms with Gasteiger partial charge in [-0.3, -0.25) is 9.69 Å². The maximum absolute atomic E-state index is 14.4. The monoisotopic (exact) mass is 471 g/mol. The van der Waals surface area contributed by atoms with Crippen LogP contribution in [0.3, 0.4) is 0 Å². The van der Waals surface area contributed by atoms with Crippen molar-refractivity contribution in [1.29, 1.82) is 0 Å². The highest BCUT2D eigenvalue weighted by Crippen LogP contribution is 2.60. The van der Waals surface area contributed by atoms with Crippen LogP contribution in [-0.2, 0) is 20.5 Å². The molecule has 1 spiro atoms. The Morgan fingerprint density at radius 3 is 2.31 bits per heavy atom. The largest absolute Gasteiger partial charge is 0.497 e. The summed E-state index contributed by atoms with van der Waals surface area (Å²) in [5, 5.41) is 9.97. The lowest BCUT2D eigenvalue weighted by atomic mass is 9.63. The molecule has 1 fully saturated rings. The van der Waals surface area contributed by atoms with Crippen LogP contribution in [0.15, 0.2) is 78.9 Å². The molecular formula is C30H33NO4. The SMILES string of the molecule is COc1ccc(C(C)(C)[C@@H]2[C@@H](CCO)O[C@]3(C(=O)N(c4ccccc4)c4ccccc43)[C@H]2C)cc1. The topological polar surface area (TPSA) is 59.0 Å². The minimum Gasteiger partial charge on any atom is -0.497 e. The molecule has 1 N–H and O–H groups in total. The predicted octanol–water partition coefficient (Wildman–Crippen LogP) is 5.58. The third kappa shape index (κ3) is 3.48. The predicted molar refractivity (Wildman–Crippen MR) is 137 cm³/mol. The van der Waals surface area contributed by atoms with Crippen LogP contribution in [0.1, 0.15) is 38.3 Å². The minimum atomic E-state index is -1.11. The highest BCUT2D eigenvalue weighted by molar-refractivity contribution is 6.12. The molecule has 4 atom stereocenters. The lowest BCUT2D eigenvalue weighted by Crippen LogP contribution is -2.44. The van der Waals surface area contributed by atoms with Crippen LogP contribution in [-0.4, -0.2) is 30.8 Å². The van der Waals surface area contributed by atoms with Crippen LogP contribution in [0.2, 0.25) is 0 Å². The second kappa shape index (κ2) is 8.81. The van der Waals surface area contributed by atoms with Crippen molar-refractivity contribution in [3.8, 4) is 5.75 Å². The number of hydrogen-bond acceptors (Lipinski definition) is 4. The molecule has 3 aromatic carbocycles. The van der Waals surface area contributed by atoms with Gasteiger partial charge in [0.2, 0.25) is 0 Å². The molecule has 3 aromatic rings. The van der Waals surface area contributed by atoms with Crippen molar-refractivity contribution < 1.29 is 19.4 Å². The van der Waals surface area contributed by atoms with Gasteiger partial charge in [-0.1, -0.05) is 69.3 Å². The standard InChI is InChI=1S/C30H33NO4/c1-20-27(29(2,3)21-14-16-23(34-4)17-15-21)26(18-19-32)35-30(20)24-12-8-9-13-25(24)31(28(30)33)22-10-6-5-7-11-22/h5-17,20,26-27,32H,18-19H2,1-4H3/t20-,26+,27-,30+/m0/s1. The summed E-state index contributed by atoms with van der Waals surface area (Å²) in [4.78, 5) is 16.2. The summed E-state index contributed by atoms with van der Waals surface area (Å²) in [6, 6.07) is 25.8. The first-order chi connectivity index (χ1) is 16.9. The van der Waals surface area contributed by atoms with Crippen molar-refractivity contribution in [1.82, 2.24) is 0 Å². The Morgan fingerprint density at radius 2 is 1.66 bits per heavy atom.